The molecule has 2 atom stereocenters. The first-order valence-electron chi connectivity index (χ1n) is 7.91. The van der Waals surface area contributed by atoms with Gasteiger partial charge in [0, 0.05) is 32.4 Å². The smallest absolute Gasteiger partial charge is 0.274 e. The van der Waals surface area contributed by atoms with Gasteiger partial charge in [-0.15, -0.1) is 0 Å². The van der Waals surface area contributed by atoms with Gasteiger partial charge in [-0.05, 0) is 38.8 Å². The third-order valence-corrected chi connectivity index (χ3v) is 4.21. The topological polar surface area (TPSA) is 59.4 Å². The van der Waals surface area contributed by atoms with Gasteiger partial charge in [0.15, 0.2) is 0 Å². The van der Waals surface area contributed by atoms with Gasteiger partial charge in [-0.1, -0.05) is 0 Å². The number of rotatable bonds is 2. The van der Waals surface area contributed by atoms with Crippen LogP contribution in [-0.4, -0.2) is 59.5 Å². The summed E-state index contributed by atoms with van der Waals surface area (Å²) >= 11 is 0. The fourth-order valence-electron chi connectivity index (χ4n) is 3.06. The molecule has 0 aromatic carbocycles. The number of ether oxygens (including phenoxy) is 1. The number of nitrogens with one attached hydrogen (secondary N) is 1. The molecule has 2 saturated heterocycles. The van der Waals surface area contributed by atoms with Crippen molar-refractivity contribution < 1.29 is 9.53 Å². The summed E-state index contributed by atoms with van der Waals surface area (Å²) < 4.78 is 7.53. The van der Waals surface area contributed by atoms with Crippen LogP contribution in [0.25, 0.3) is 0 Å². The molecule has 0 spiro atoms. The fourth-order valence-corrected chi connectivity index (χ4v) is 3.06. The van der Waals surface area contributed by atoms with Crippen LogP contribution in [-0.2, 0) is 4.74 Å². The number of nitrogens with zero attached hydrogens (tertiary/aromatic N) is 3. The fraction of sp³-hybridized carbons (Fsp3) is 0.733. The zero-order valence-electron chi connectivity index (χ0n) is 12.6. The lowest BCUT2D eigenvalue weighted by Crippen LogP contribution is -2.36. The number of amides is 1. The number of hydrogen-bond donors (Lipinski definition) is 1. The Bertz CT molecular complexity index is 482. The lowest BCUT2D eigenvalue weighted by atomic mass is 10.1. The van der Waals surface area contributed by atoms with Crippen LogP contribution in [0, 0.1) is 0 Å². The third kappa shape index (κ3) is 3.44. The maximum atomic E-state index is 12.6. The average molecular weight is 292 g/mol. The second-order valence-corrected chi connectivity index (χ2v) is 5.97. The maximum absolute atomic E-state index is 12.6. The summed E-state index contributed by atoms with van der Waals surface area (Å²) in [5.41, 5.74) is 0.551. The van der Waals surface area contributed by atoms with E-state index >= 15 is 0 Å². The molecular weight excluding hydrogens is 268 g/mol. The molecule has 1 N–H and O–H groups in total. The monoisotopic (exact) mass is 292 g/mol. The van der Waals surface area contributed by atoms with Gasteiger partial charge >= 0.3 is 0 Å². The Morgan fingerprint density at radius 1 is 1.48 bits per heavy atom. The zero-order chi connectivity index (χ0) is 14.7. The van der Waals surface area contributed by atoms with E-state index in [4.69, 9.17) is 4.74 Å². The quantitative estimate of drug-likeness (QED) is 0.885. The molecule has 6 heteroatoms. The molecule has 0 radical (unpaired) electrons. The van der Waals surface area contributed by atoms with E-state index in [0.29, 0.717) is 18.3 Å². The van der Waals surface area contributed by atoms with Crippen molar-refractivity contribution in [2.75, 3.05) is 32.8 Å². The third-order valence-electron chi connectivity index (χ3n) is 4.21. The highest BCUT2D eigenvalue weighted by molar-refractivity contribution is 5.92. The van der Waals surface area contributed by atoms with Crippen molar-refractivity contribution in [2.45, 2.75) is 38.3 Å². The van der Waals surface area contributed by atoms with E-state index in [2.05, 4.69) is 10.4 Å². The Kier molecular flexibility index (Phi) is 4.55. The van der Waals surface area contributed by atoms with Crippen molar-refractivity contribution in [3.63, 3.8) is 0 Å². The summed E-state index contributed by atoms with van der Waals surface area (Å²) in [7, 11) is 0. The minimum absolute atomic E-state index is 0.0230. The van der Waals surface area contributed by atoms with E-state index in [1.807, 2.05) is 28.8 Å². The van der Waals surface area contributed by atoms with E-state index in [9.17, 15) is 4.79 Å². The van der Waals surface area contributed by atoms with Crippen molar-refractivity contribution in [2.24, 2.45) is 0 Å². The Hall–Kier alpha value is -1.40. The van der Waals surface area contributed by atoms with Gasteiger partial charge in [0.05, 0.1) is 12.1 Å². The van der Waals surface area contributed by atoms with Crippen LogP contribution < -0.4 is 5.32 Å². The minimum atomic E-state index is 0.0230. The highest BCUT2D eigenvalue weighted by Crippen LogP contribution is 2.17. The molecule has 1 aromatic rings. The number of carbonyl (C=O) groups is 1. The number of carbonyl (C=O) groups excluding carboxylic acids is 1. The molecule has 0 aliphatic carbocycles. The molecule has 3 heterocycles. The highest BCUT2D eigenvalue weighted by Gasteiger charge is 2.24. The number of aromatic nitrogens is 2. The van der Waals surface area contributed by atoms with Gasteiger partial charge in [-0.3, -0.25) is 9.48 Å². The second kappa shape index (κ2) is 6.58. The lowest BCUT2D eigenvalue weighted by molar-refractivity contribution is 0.0558. The van der Waals surface area contributed by atoms with Crippen molar-refractivity contribution in [3.05, 3.63) is 18.0 Å². The second-order valence-electron chi connectivity index (χ2n) is 5.97. The first-order valence-corrected chi connectivity index (χ1v) is 7.91. The van der Waals surface area contributed by atoms with Crippen LogP contribution in [0.4, 0.5) is 0 Å². The summed E-state index contributed by atoms with van der Waals surface area (Å²) in [6.07, 6.45) is 5.21. The van der Waals surface area contributed by atoms with Crippen LogP contribution in [0.2, 0.25) is 0 Å². The summed E-state index contributed by atoms with van der Waals surface area (Å²) in [5.74, 6) is 0.0230. The Labute approximate surface area is 125 Å². The maximum Gasteiger partial charge on any atom is 0.274 e. The lowest BCUT2D eigenvalue weighted by Gasteiger charge is -2.23. The molecule has 21 heavy (non-hydrogen) atoms. The van der Waals surface area contributed by atoms with E-state index in [1.54, 1.807) is 0 Å². The standard InChI is InChI=1S/C15H24N4O2/c1-12-11-18(7-3-9-21-12)15(20)14-5-8-19(17-14)13-4-2-6-16-10-13/h5,8,12-13,16H,2-4,6-7,9-11H2,1H3. The molecule has 1 amide bonds. The van der Waals surface area contributed by atoms with Gasteiger partial charge in [0.25, 0.3) is 5.91 Å². The predicted octanol–water partition coefficient (Wildman–Crippen LogP) is 1.06. The molecule has 2 aliphatic rings. The van der Waals surface area contributed by atoms with Gasteiger partial charge in [-0.25, -0.2) is 0 Å². The van der Waals surface area contributed by atoms with E-state index in [-0.39, 0.29) is 12.0 Å². The summed E-state index contributed by atoms with van der Waals surface area (Å²) in [6, 6.07) is 2.21. The van der Waals surface area contributed by atoms with Crippen molar-refractivity contribution >= 4 is 5.91 Å². The summed E-state index contributed by atoms with van der Waals surface area (Å²) in [4.78, 5) is 14.4. The van der Waals surface area contributed by atoms with Gasteiger partial charge in [0.2, 0.25) is 0 Å². The predicted molar refractivity (Wildman–Crippen MR) is 79.3 cm³/mol. The largest absolute Gasteiger partial charge is 0.377 e. The molecule has 116 valence electrons. The Morgan fingerprint density at radius 3 is 3.19 bits per heavy atom. The molecule has 2 unspecified atom stereocenters. The van der Waals surface area contributed by atoms with Gasteiger partial charge in [0.1, 0.15) is 5.69 Å². The molecule has 2 fully saturated rings. The normalized spacial score (nSPS) is 27.4. The van der Waals surface area contributed by atoms with Crippen LogP contribution >= 0.6 is 0 Å². The van der Waals surface area contributed by atoms with Gasteiger partial charge in [-0.2, -0.15) is 5.10 Å². The molecular formula is C15H24N4O2. The van der Waals surface area contributed by atoms with Crippen molar-refractivity contribution in [1.82, 2.24) is 20.0 Å². The molecule has 1 aromatic heterocycles. The van der Waals surface area contributed by atoms with E-state index in [0.717, 1.165) is 45.5 Å². The first-order chi connectivity index (χ1) is 10.2. The molecule has 3 rings (SSSR count). The summed E-state index contributed by atoms with van der Waals surface area (Å²) in [5, 5.41) is 7.89. The number of piperidine rings is 1. The minimum Gasteiger partial charge on any atom is -0.377 e. The van der Waals surface area contributed by atoms with E-state index in [1.165, 1.54) is 0 Å². The van der Waals surface area contributed by atoms with Crippen LogP contribution in [0.5, 0.6) is 0 Å². The van der Waals surface area contributed by atoms with Crippen molar-refractivity contribution in [3.8, 4) is 0 Å². The number of hydrogen-bond acceptors (Lipinski definition) is 4. The molecule has 0 saturated carbocycles. The Morgan fingerprint density at radius 2 is 2.38 bits per heavy atom. The molecule has 6 nitrogen and oxygen atoms in total. The van der Waals surface area contributed by atoms with E-state index < -0.39 is 0 Å². The van der Waals surface area contributed by atoms with Crippen LogP contribution in [0.3, 0.4) is 0 Å². The first kappa shape index (κ1) is 14.5. The van der Waals surface area contributed by atoms with Gasteiger partial charge < -0.3 is 15.0 Å². The van der Waals surface area contributed by atoms with Crippen molar-refractivity contribution in [1.29, 1.82) is 0 Å². The highest BCUT2D eigenvalue weighted by atomic mass is 16.5. The summed E-state index contributed by atoms with van der Waals surface area (Å²) in [6.45, 7) is 6.15. The van der Waals surface area contributed by atoms with Crippen LogP contribution in [0.15, 0.2) is 12.3 Å². The molecule has 2 aliphatic heterocycles. The van der Waals surface area contributed by atoms with Crippen LogP contribution in [0.1, 0.15) is 42.7 Å². The SMILES string of the molecule is CC1CN(C(=O)c2ccn(C3CCCNC3)n2)CCCO1. The average Bonchev–Trinajstić information content (AvgIpc) is 2.90. The Balaban J connectivity index is 1.68. The molecule has 0 bridgehead atoms. The zero-order valence-corrected chi connectivity index (χ0v) is 12.6.